The molecule has 100 valence electrons. The van der Waals surface area contributed by atoms with E-state index >= 15 is 0 Å². The van der Waals surface area contributed by atoms with E-state index in [0.29, 0.717) is 0 Å². The van der Waals surface area contributed by atoms with Gasteiger partial charge in [0.2, 0.25) is 0 Å². The first-order valence-corrected chi connectivity index (χ1v) is 4.62. The van der Waals surface area contributed by atoms with E-state index < -0.39 is 30.4 Å². The standard InChI is InChI=1S/C9H9F3N2O4/c10-9(11,12)18-8-6(15)1-4(2-7(16)17)5(3-13)14-8/h1,15H,2-3,13H2,(H,16,17). The first kappa shape index (κ1) is 14.0. The summed E-state index contributed by atoms with van der Waals surface area (Å²) >= 11 is 0. The number of halogens is 3. The summed E-state index contributed by atoms with van der Waals surface area (Å²) < 4.78 is 39.4. The van der Waals surface area contributed by atoms with Crippen LogP contribution in [-0.2, 0) is 17.8 Å². The Labute approximate surface area is 98.8 Å². The molecule has 1 aromatic rings. The highest BCUT2D eigenvalue weighted by molar-refractivity contribution is 5.71. The number of nitrogens with zero attached hydrogens (tertiary/aromatic N) is 1. The Morgan fingerprint density at radius 2 is 2.11 bits per heavy atom. The predicted octanol–water partition coefficient (Wildman–Crippen LogP) is 0.772. The van der Waals surface area contributed by atoms with Crippen LogP contribution < -0.4 is 10.5 Å². The van der Waals surface area contributed by atoms with E-state index in [-0.39, 0.29) is 17.8 Å². The highest BCUT2D eigenvalue weighted by Gasteiger charge is 2.33. The molecular weight excluding hydrogens is 257 g/mol. The normalized spacial score (nSPS) is 11.3. The molecular formula is C9H9F3N2O4. The second-order valence-corrected chi connectivity index (χ2v) is 3.24. The van der Waals surface area contributed by atoms with E-state index in [4.69, 9.17) is 10.8 Å². The lowest BCUT2D eigenvalue weighted by atomic mass is 10.1. The highest BCUT2D eigenvalue weighted by Crippen LogP contribution is 2.31. The van der Waals surface area contributed by atoms with Crippen molar-refractivity contribution in [2.24, 2.45) is 5.73 Å². The maximum atomic E-state index is 12.0. The SMILES string of the molecule is NCc1nc(OC(F)(F)F)c(O)cc1CC(=O)O. The Morgan fingerprint density at radius 1 is 1.50 bits per heavy atom. The molecule has 18 heavy (non-hydrogen) atoms. The van der Waals surface area contributed by atoms with Crippen molar-refractivity contribution in [3.8, 4) is 11.6 Å². The number of rotatable bonds is 4. The number of pyridine rings is 1. The molecule has 1 aromatic heterocycles. The molecule has 0 aliphatic rings. The fraction of sp³-hybridized carbons (Fsp3) is 0.333. The third kappa shape index (κ3) is 3.77. The number of alkyl halides is 3. The Hall–Kier alpha value is -2.03. The van der Waals surface area contributed by atoms with Crippen LogP contribution in [0.3, 0.4) is 0 Å². The van der Waals surface area contributed by atoms with E-state index in [1.165, 1.54) is 0 Å². The van der Waals surface area contributed by atoms with Crippen LogP contribution in [0.15, 0.2) is 6.07 Å². The van der Waals surface area contributed by atoms with Crippen LogP contribution in [0, 0.1) is 0 Å². The van der Waals surface area contributed by atoms with Crippen molar-refractivity contribution in [3.63, 3.8) is 0 Å². The van der Waals surface area contributed by atoms with Crippen LogP contribution in [0.5, 0.6) is 11.6 Å². The Kier molecular flexibility index (Phi) is 3.96. The lowest BCUT2D eigenvalue weighted by molar-refractivity contribution is -0.276. The van der Waals surface area contributed by atoms with Gasteiger partial charge in [0.25, 0.3) is 5.88 Å². The molecule has 0 aliphatic carbocycles. The molecule has 6 nitrogen and oxygen atoms in total. The average Bonchev–Trinajstić information content (AvgIpc) is 2.19. The van der Waals surface area contributed by atoms with Crippen LogP contribution in [-0.4, -0.2) is 27.5 Å². The topological polar surface area (TPSA) is 106 Å². The zero-order chi connectivity index (χ0) is 13.9. The molecule has 0 amide bonds. The van der Waals surface area contributed by atoms with Gasteiger partial charge in [-0.25, -0.2) is 4.98 Å². The van der Waals surface area contributed by atoms with Gasteiger partial charge in [0, 0.05) is 6.54 Å². The molecule has 1 rings (SSSR count). The summed E-state index contributed by atoms with van der Waals surface area (Å²) in [6.07, 6.45) is -5.52. The Bertz CT molecular complexity index is 462. The van der Waals surface area contributed by atoms with Crippen LogP contribution in [0.2, 0.25) is 0 Å². The van der Waals surface area contributed by atoms with E-state index in [9.17, 15) is 23.1 Å². The molecule has 0 bridgehead atoms. The smallest absolute Gasteiger partial charge is 0.503 e. The maximum absolute atomic E-state index is 12.0. The minimum Gasteiger partial charge on any atom is -0.503 e. The van der Waals surface area contributed by atoms with Gasteiger partial charge >= 0.3 is 12.3 Å². The highest BCUT2D eigenvalue weighted by atomic mass is 19.4. The fourth-order valence-corrected chi connectivity index (χ4v) is 1.24. The molecule has 1 heterocycles. The fourth-order valence-electron chi connectivity index (χ4n) is 1.24. The third-order valence-corrected chi connectivity index (χ3v) is 1.88. The Morgan fingerprint density at radius 3 is 2.56 bits per heavy atom. The van der Waals surface area contributed by atoms with Crippen LogP contribution in [0.1, 0.15) is 11.3 Å². The van der Waals surface area contributed by atoms with E-state index in [1.54, 1.807) is 0 Å². The van der Waals surface area contributed by atoms with Crippen molar-refractivity contribution in [2.45, 2.75) is 19.3 Å². The largest absolute Gasteiger partial charge is 0.574 e. The summed E-state index contributed by atoms with van der Waals surface area (Å²) in [4.78, 5) is 13.8. The predicted molar refractivity (Wildman–Crippen MR) is 51.8 cm³/mol. The number of carboxylic acid groups (broad SMARTS) is 1. The quantitative estimate of drug-likeness (QED) is 0.743. The number of ether oxygens (including phenoxy) is 1. The molecule has 9 heteroatoms. The first-order chi connectivity index (χ1) is 8.23. The van der Waals surface area contributed by atoms with E-state index in [2.05, 4.69) is 9.72 Å². The minimum atomic E-state index is -5.01. The number of carbonyl (C=O) groups is 1. The molecule has 0 unspecified atom stereocenters. The Balaban J connectivity index is 3.13. The van der Waals surface area contributed by atoms with Crippen LogP contribution >= 0.6 is 0 Å². The third-order valence-electron chi connectivity index (χ3n) is 1.88. The number of hydrogen-bond acceptors (Lipinski definition) is 5. The van der Waals surface area contributed by atoms with Crippen molar-refractivity contribution in [1.82, 2.24) is 4.98 Å². The van der Waals surface area contributed by atoms with Gasteiger partial charge < -0.3 is 20.7 Å². The molecule has 0 aromatic carbocycles. The number of hydrogen-bond donors (Lipinski definition) is 3. The van der Waals surface area contributed by atoms with Gasteiger partial charge in [-0.05, 0) is 11.6 Å². The summed E-state index contributed by atoms with van der Waals surface area (Å²) in [5, 5.41) is 17.8. The summed E-state index contributed by atoms with van der Waals surface area (Å²) in [5.41, 5.74) is 5.17. The van der Waals surface area contributed by atoms with Crippen molar-refractivity contribution in [1.29, 1.82) is 0 Å². The molecule has 0 spiro atoms. The van der Waals surface area contributed by atoms with Gasteiger partial charge in [0.1, 0.15) is 0 Å². The number of aromatic hydroxyl groups is 1. The van der Waals surface area contributed by atoms with E-state index in [1.807, 2.05) is 0 Å². The zero-order valence-corrected chi connectivity index (χ0v) is 8.86. The zero-order valence-electron chi connectivity index (χ0n) is 8.86. The van der Waals surface area contributed by atoms with Crippen LogP contribution in [0.4, 0.5) is 13.2 Å². The maximum Gasteiger partial charge on any atom is 0.574 e. The van der Waals surface area contributed by atoms with Gasteiger partial charge in [-0.15, -0.1) is 13.2 Å². The number of aromatic nitrogens is 1. The van der Waals surface area contributed by atoms with Gasteiger partial charge in [0.15, 0.2) is 5.75 Å². The van der Waals surface area contributed by atoms with Crippen molar-refractivity contribution in [3.05, 3.63) is 17.3 Å². The molecule has 0 atom stereocenters. The minimum absolute atomic E-state index is 0.0250. The summed E-state index contributed by atoms with van der Waals surface area (Å²) in [5.74, 6) is -3.19. The summed E-state index contributed by atoms with van der Waals surface area (Å²) in [6.45, 7) is -0.281. The molecule has 4 N–H and O–H groups in total. The first-order valence-electron chi connectivity index (χ1n) is 4.62. The van der Waals surface area contributed by atoms with Gasteiger partial charge in [-0.3, -0.25) is 4.79 Å². The van der Waals surface area contributed by atoms with Gasteiger partial charge in [-0.2, -0.15) is 0 Å². The second-order valence-electron chi connectivity index (χ2n) is 3.24. The van der Waals surface area contributed by atoms with Gasteiger partial charge in [0.05, 0.1) is 12.1 Å². The number of aliphatic carboxylic acids is 1. The van der Waals surface area contributed by atoms with E-state index in [0.717, 1.165) is 6.07 Å². The summed E-state index contributed by atoms with van der Waals surface area (Å²) in [7, 11) is 0. The molecule has 0 radical (unpaired) electrons. The van der Waals surface area contributed by atoms with Crippen molar-refractivity contribution in [2.75, 3.05) is 0 Å². The van der Waals surface area contributed by atoms with Gasteiger partial charge in [-0.1, -0.05) is 0 Å². The second kappa shape index (κ2) is 5.08. The summed E-state index contributed by atoms with van der Waals surface area (Å²) in [6, 6.07) is 0.838. The molecule has 0 fully saturated rings. The number of nitrogens with two attached hydrogens (primary N) is 1. The van der Waals surface area contributed by atoms with Crippen LogP contribution in [0.25, 0.3) is 0 Å². The molecule has 0 aliphatic heterocycles. The monoisotopic (exact) mass is 266 g/mol. The number of carboxylic acids is 1. The average molecular weight is 266 g/mol. The van der Waals surface area contributed by atoms with Crippen molar-refractivity contribution >= 4 is 5.97 Å². The van der Waals surface area contributed by atoms with Crippen molar-refractivity contribution < 1.29 is 32.9 Å². The molecule has 0 saturated heterocycles. The molecule has 0 saturated carbocycles. The lowest BCUT2D eigenvalue weighted by Gasteiger charge is -2.12. The lowest BCUT2D eigenvalue weighted by Crippen LogP contribution is -2.19.